The molecule has 0 aliphatic carbocycles. The summed E-state index contributed by atoms with van der Waals surface area (Å²) >= 11 is 9.20. The Morgan fingerprint density at radius 1 is 0.407 bits per heavy atom. The summed E-state index contributed by atoms with van der Waals surface area (Å²) in [5.74, 6) is -2.06. The van der Waals surface area contributed by atoms with E-state index in [2.05, 4.69) is 58.9 Å². The molecular formula is C76H99F2N3O4S6. The summed E-state index contributed by atoms with van der Waals surface area (Å²) in [4.78, 5) is 37.6. The van der Waals surface area contributed by atoms with Crippen LogP contribution in [0.15, 0.2) is 60.7 Å². The summed E-state index contributed by atoms with van der Waals surface area (Å²) in [6.07, 6.45) is 38.5. The molecule has 0 aliphatic heterocycles. The predicted octanol–water partition coefficient (Wildman–Crippen LogP) is 26.8. The highest BCUT2D eigenvalue weighted by atomic mass is 32.1. The van der Waals surface area contributed by atoms with Crippen LogP contribution in [-0.4, -0.2) is 40.1 Å². The van der Waals surface area contributed by atoms with Crippen molar-refractivity contribution in [3.05, 3.63) is 91.8 Å². The van der Waals surface area contributed by atoms with Gasteiger partial charge >= 0.3 is 11.9 Å². The lowest BCUT2D eigenvalue weighted by atomic mass is 9.94. The van der Waals surface area contributed by atoms with Crippen LogP contribution in [0.5, 0.6) is 0 Å². The van der Waals surface area contributed by atoms with Gasteiger partial charge in [-0.05, 0) is 106 Å². The van der Waals surface area contributed by atoms with Crippen LogP contribution >= 0.6 is 68.0 Å². The van der Waals surface area contributed by atoms with Crippen molar-refractivity contribution in [1.29, 1.82) is 0 Å². The van der Waals surface area contributed by atoms with E-state index in [9.17, 15) is 9.59 Å². The molecule has 91 heavy (non-hydrogen) atoms. The highest BCUT2D eigenvalue weighted by molar-refractivity contribution is 7.29. The number of aryl methyl sites for hydroxylation is 2. The second kappa shape index (κ2) is 36.9. The SMILES string of the molecule is CCCCCCCCCCCCOC(=O)c1ccc(-c2c3cc(C)sc3c(-c3ccc(C(=O)OCCCCCCCCCCCC)s3)c3sc(-c4ccc(-c5c(F)c(F)c(-c6ccc(C)s6)c6nn(CC(CCCCCC)CCCCCCCC)nc56)s4)cc23)s1. The molecule has 0 amide bonds. The number of hydrogen-bond donors (Lipinski definition) is 0. The zero-order valence-electron chi connectivity index (χ0n) is 55.3. The first-order chi connectivity index (χ1) is 44.5. The average molecular weight is 1350 g/mol. The van der Waals surface area contributed by atoms with Gasteiger partial charge in [0.2, 0.25) is 0 Å². The van der Waals surface area contributed by atoms with E-state index in [4.69, 9.17) is 19.7 Å². The van der Waals surface area contributed by atoms with E-state index < -0.39 is 11.6 Å². The number of nitrogens with zero attached hydrogens (tertiary/aromatic N) is 3. The van der Waals surface area contributed by atoms with Crippen LogP contribution in [0.25, 0.3) is 82.7 Å². The van der Waals surface area contributed by atoms with Crippen molar-refractivity contribution < 1.29 is 27.8 Å². The number of carbonyl (C=O) groups excluding carboxylic acids is 2. The molecule has 0 fully saturated rings. The fourth-order valence-electron chi connectivity index (χ4n) is 12.8. The predicted molar refractivity (Wildman–Crippen MR) is 391 cm³/mol. The van der Waals surface area contributed by atoms with E-state index in [0.717, 1.165) is 125 Å². The fourth-order valence-corrected chi connectivity index (χ4v) is 19.2. The molecule has 0 spiro atoms. The summed E-state index contributed by atoms with van der Waals surface area (Å²) in [6.45, 7) is 14.5. The number of rotatable bonds is 43. The van der Waals surface area contributed by atoms with Crippen molar-refractivity contribution in [3.8, 4) is 51.5 Å². The van der Waals surface area contributed by atoms with Gasteiger partial charge in [0.05, 0.1) is 30.9 Å². The van der Waals surface area contributed by atoms with Gasteiger partial charge < -0.3 is 9.47 Å². The maximum Gasteiger partial charge on any atom is 0.348 e. The van der Waals surface area contributed by atoms with Crippen LogP contribution in [0, 0.1) is 31.4 Å². The van der Waals surface area contributed by atoms with E-state index >= 15 is 8.78 Å². The Bertz CT molecular complexity index is 3570. The lowest BCUT2D eigenvalue weighted by molar-refractivity contribution is 0.0494. The number of esters is 2. The first kappa shape index (κ1) is 70.7. The van der Waals surface area contributed by atoms with Crippen molar-refractivity contribution in [1.82, 2.24) is 15.0 Å². The van der Waals surface area contributed by atoms with E-state index in [1.165, 1.54) is 187 Å². The topological polar surface area (TPSA) is 83.3 Å². The van der Waals surface area contributed by atoms with Crippen molar-refractivity contribution in [2.24, 2.45) is 5.92 Å². The highest BCUT2D eigenvalue weighted by Crippen LogP contribution is 2.54. The van der Waals surface area contributed by atoms with E-state index in [0.29, 0.717) is 56.2 Å². The minimum Gasteiger partial charge on any atom is -0.462 e. The van der Waals surface area contributed by atoms with Gasteiger partial charge in [-0.2, -0.15) is 15.0 Å². The van der Waals surface area contributed by atoms with Crippen LogP contribution in [0.1, 0.15) is 262 Å². The highest BCUT2D eigenvalue weighted by Gasteiger charge is 2.30. The number of thiophene rings is 6. The van der Waals surface area contributed by atoms with Gasteiger partial charge in [-0.15, -0.1) is 68.0 Å². The zero-order chi connectivity index (χ0) is 63.9. The number of hydrogen-bond acceptors (Lipinski definition) is 12. The molecule has 7 aromatic heterocycles. The molecule has 1 atom stereocenters. The Morgan fingerprint density at radius 2 is 0.802 bits per heavy atom. The number of aromatic nitrogens is 3. The van der Waals surface area contributed by atoms with Gasteiger partial charge in [0, 0.05) is 70.3 Å². The zero-order valence-corrected chi connectivity index (χ0v) is 60.2. The number of halogens is 2. The second-order valence-electron chi connectivity index (χ2n) is 25.3. The van der Waals surface area contributed by atoms with E-state index in [-0.39, 0.29) is 23.1 Å². The summed E-state index contributed by atoms with van der Waals surface area (Å²) in [6, 6.07) is 20.1. The molecule has 0 saturated carbocycles. The normalized spacial score (nSPS) is 12.2. The van der Waals surface area contributed by atoms with Gasteiger partial charge in [-0.1, -0.05) is 207 Å². The molecule has 0 aliphatic rings. The molecular weight excluding hydrogens is 1250 g/mol. The molecule has 2 aromatic carbocycles. The largest absolute Gasteiger partial charge is 0.462 e. The second-order valence-corrected chi connectivity index (χ2v) is 32.2. The van der Waals surface area contributed by atoms with Gasteiger partial charge in [0.1, 0.15) is 20.8 Å². The van der Waals surface area contributed by atoms with E-state index in [1.807, 2.05) is 43.3 Å². The summed E-state index contributed by atoms with van der Waals surface area (Å²) < 4.78 is 48.5. The molecule has 0 radical (unpaired) electrons. The van der Waals surface area contributed by atoms with Gasteiger partial charge in [0.25, 0.3) is 0 Å². The number of fused-ring (bicyclic) bond motifs is 3. The van der Waals surface area contributed by atoms with Crippen LogP contribution in [0.2, 0.25) is 0 Å². The molecule has 0 N–H and O–H groups in total. The first-order valence-corrected chi connectivity index (χ1v) is 39.9. The molecule has 492 valence electrons. The Labute approximate surface area is 565 Å². The van der Waals surface area contributed by atoms with E-state index in [1.54, 1.807) is 27.5 Å². The number of carbonyl (C=O) groups is 2. The summed E-state index contributed by atoms with van der Waals surface area (Å²) in [5, 5.41) is 12.3. The van der Waals surface area contributed by atoms with Gasteiger partial charge in [-0.3, -0.25) is 0 Å². The molecule has 7 nitrogen and oxygen atoms in total. The van der Waals surface area contributed by atoms with Crippen molar-refractivity contribution in [2.75, 3.05) is 13.2 Å². The molecule has 0 bridgehead atoms. The molecule has 9 aromatic rings. The lowest BCUT2D eigenvalue weighted by Gasteiger charge is -2.16. The molecule has 1 unspecified atom stereocenters. The van der Waals surface area contributed by atoms with Crippen molar-refractivity contribution >= 4 is 111 Å². The average Bonchev–Trinajstić information content (AvgIpc) is 1.63. The maximum atomic E-state index is 17.4. The third kappa shape index (κ3) is 19.3. The smallest absolute Gasteiger partial charge is 0.348 e. The molecule has 9 rings (SSSR count). The Morgan fingerprint density at radius 3 is 1.30 bits per heavy atom. The van der Waals surface area contributed by atoms with Crippen LogP contribution in [0.3, 0.4) is 0 Å². The fraction of sp³-hybridized carbons (Fsp3) is 0.553. The Hall–Kier alpha value is -4.64. The minimum absolute atomic E-state index is 0.137. The monoisotopic (exact) mass is 1350 g/mol. The number of unbranched alkanes of at least 4 members (excludes halogenated alkanes) is 26. The summed E-state index contributed by atoms with van der Waals surface area (Å²) in [5.41, 5.74) is 3.16. The van der Waals surface area contributed by atoms with Crippen LogP contribution in [0.4, 0.5) is 8.78 Å². The molecule has 15 heteroatoms. The Balaban J connectivity index is 1.03. The first-order valence-electron chi connectivity index (χ1n) is 35.0. The summed E-state index contributed by atoms with van der Waals surface area (Å²) in [7, 11) is 0. The van der Waals surface area contributed by atoms with Crippen molar-refractivity contribution in [2.45, 2.75) is 254 Å². The van der Waals surface area contributed by atoms with Gasteiger partial charge in [-0.25, -0.2) is 18.4 Å². The van der Waals surface area contributed by atoms with Crippen molar-refractivity contribution in [3.63, 3.8) is 0 Å². The van der Waals surface area contributed by atoms with Gasteiger partial charge in [0.15, 0.2) is 11.6 Å². The third-order valence-corrected chi connectivity index (χ3v) is 24.5. The quantitative estimate of drug-likeness (QED) is 0.0280. The number of ether oxygens (including phenoxy) is 2. The minimum atomic E-state index is -0.917. The standard InChI is InChI=1S/C76H99F2N3O4S6/c1-7-11-15-19-22-24-26-28-31-35-47-84-75(82)62-45-43-58(89-62)65-55-49-53(6)87-73(55)68(61-44-46-63(90-61)76(83)85-48-36-32-29-27-25-23-20-16-12-8-2)74-56(65)50-64(91-74)57-41-42-60(88-57)67-70(78)69(77)66(59-40-39-52(5)86-59)71-72(67)80-81(79-71)51-54(37-33-18-14-10-4)38-34-30-21-17-13-9-3/h39-46,49-50,54H,7-38,47-48,51H2,1-6H3. The maximum absolute atomic E-state index is 17.4. The Kier molecular flexibility index (Phi) is 28.6. The van der Waals surface area contributed by atoms with Crippen LogP contribution in [-0.2, 0) is 16.0 Å². The lowest BCUT2D eigenvalue weighted by Crippen LogP contribution is -2.14. The number of benzene rings is 2. The third-order valence-electron chi connectivity index (χ3n) is 17.8. The molecule has 7 heterocycles. The van der Waals surface area contributed by atoms with Crippen LogP contribution < -0.4 is 0 Å². The molecule has 0 saturated heterocycles.